The molecule has 1 saturated carbocycles. The second kappa shape index (κ2) is 13.4. The molecule has 0 radical (unpaired) electrons. The van der Waals surface area contributed by atoms with Crippen molar-refractivity contribution in [2.75, 3.05) is 26.2 Å². The van der Waals surface area contributed by atoms with Gasteiger partial charge >= 0.3 is 0 Å². The van der Waals surface area contributed by atoms with E-state index in [1.54, 1.807) is 0 Å². The molecule has 0 aliphatic heterocycles. The summed E-state index contributed by atoms with van der Waals surface area (Å²) in [5.74, 6) is 3.08. The predicted octanol–water partition coefficient (Wildman–Crippen LogP) is 3.39. The summed E-state index contributed by atoms with van der Waals surface area (Å²) >= 11 is 0. The van der Waals surface area contributed by atoms with Crippen molar-refractivity contribution < 1.29 is 5.11 Å². The van der Waals surface area contributed by atoms with Crippen LogP contribution in [0.4, 0.5) is 0 Å². The summed E-state index contributed by atoms with van der Waals surface area (Å²) < 4.78 is 0. The average Bonchev–Trinajstić information content (AvgIpc) is 3.24. The zero-order valence-electron chi connectivity index (χ0n) is 14.6. The first-order valence-corrected chi connectivity index (χ1v) is 8.78. The maximum Gasteiger partial charge on any atom is 0.191 e. The van der Waals surface area contributed by atoms with E-state index < -0.39 is 0 Å². The van der Waals surface area contributed by atoms with Crippen molar-refractivity contribution in [2.24, 2.45) is 22.7 Å². The number of halogens is 1. The van der Waals surface area contributed by atoms with Gasteiger partial charge in [0.1, 0.15) is 0 Å². The highest BCUT2D eigenvalue weighted by atomic mass is 127. The van der Waals surface area contributed by atoms with Crippen molar-refractivity contribution in [2.45, 2.75) is 59.3 Å². The fourth-order valence-electron chi connectivity index (χ4n) is 2.70. The van der Waals surface area contributed by atoms with Crippen molar-refractivity contribution >= 4 is 29.9 Å². The third-order valence-electron chi connectivity index (χ3n) is 3.97. The van der Waals surface area contributed by atoms with Gasteiger partial charge in [-0.3, -0.25) is 4.99 Å². The van der Waals surface area contributed by atoms with Crippen molar-refractivity contribution in [1.29, 1.82) is 0 Å². The van der Waals surface area contributed by atoms with Gasteiger partial charge < -0.3 is 15.7 Å². The highest BCUT2D eigenvalue weighted by Gasteiger charge is 2.20. The SMILES string of the molecule is CCNC(=NCC(CCO)CC(C)C)NCCCC1CC1.I. The number of guanidine groups is 1. The maximum atomic E-state index is 9.17. The molecule has 1 aliphatic carbocycles. The minimum absolute atomic E-state index is 0. The van der Waals surface area contributed by atoms with E-state index in [0.717, 1.165) is 44.4 Å². The van der Waals surface area contributed by atoms with E-state index in [9.17, 15) is 0 Å². The Morgan fingerprint density at radius 2 is 2.00 bits per heavy atom. The Bertz CT molecular complexity index is 294. The molecule has 1 aliphatic rings. The standard InChI is InChI=1S/C17H35N3O.HI/c1-4-18-17(19-10-5-6-15-7-8-15)20-13-16(9-11-21)12-14(2)3;/h14-16,21H,4-13H2,1-3H3,(H2,18,19,20);1H. The third kappa shape index (κ3) is 11.5. The van der Waals surface area contributed by atoms with Gasteiger partial charge in [0.15, 0.2) is 5.96 Å². The van der Waals surface area contributed by atoms with Crippen LogP contribution in [0.1, 0.15) is 59.3 Å². The lowest BCUT2D eigenvalue weighted by Gasteiger charge is -2.17. The van der Waals surface area contributed by atoms with Crippen LogP contribution in [0.2, 0.25) is 0 Å². The van der Waals surface area contributed by atoms with Crippen LogP contribution in [0.25, 0.3) is 0 Å². The summed E-state index contributed by atoms with van der Waals surface area (Å²) in [5, 5.41) is 15.9. The number of nitrogens with one attached hydrogen (secondary N) is 2. The zero-order chi connectivity index (χ0) is 15.5. The molecule has 1 rings (SSSR count). The fraction of sp³-hybridized carbons (Fsp3) is 0.941. The Morgan fingerprint density at radius 3 is 2.55 bits per heavy atom. The lowest BCUT2D eigenvalue weighted by molar-refractivity contribution is 0.245. The largest absolute Gasteiger partial charge is 0.396 e. The molecule has 0 amide bonds. The Hall–Kier alpha value is -0.0400. The average molecular weight is 425 g/mol. The highest BCUT2D eigenvalue weighted by Crippen LogP contribution is 2.33. The molecule has 5 heteroatoms. The quantitative estimate of drug-likeness (QED) is 0.206. The number of hydrogen-bond donors (Lipinski definition) is 3. The Kier molecular flexibility index (Phi) is 13.4. The van der Waals surface area contributed by atoms with Crippen LogP contribution in [0.15, 0.2) is 4.99 Å². The van der Waals surface area contributed by atoms with Gasteiger partial charge in [-0.1, -0.05) is 26.7 Å². The molecule has 0 saturated heterocycles. The van der Waals surface area contributed by atoms with Gasteiger partial charge in [-0.25, -0.2) is 0 Å². The van der Waals surface area contributed by atoms with E-state index in [4.69, 9.17) is 10.1 Å². The maximum absolute atomic E-state index is 9.17. The van der Waals surface area contributed by atoms with Gasteiger partial charge in [-0.05, 0) is 50.4 Å². The molecule has 0 heterocycles. The van der Waals surface area contributed by atoms with Crippen molar-refractivity contribution in [1.82, 2.24) is 10.6 Å². The number of hydrogen-bond acceptors (Lipinski definition) is 2. The van der Waals surface area contributed by atoms with E-state index in [-0.39, 0.29) is 30.6 Å². The van der Waals surface area contributed by atoms with Gasteiger partial charge in [0.2, 0.25) is 0 Å². The van der Waals surface area contributed by atoms with Crippen LogP contribution in [-0.2, 0) is 0 Å². The smallest absolute Gasteiger partial charge is 0.191 e. The highest BCUT2D eigenvalue weighted by molar-refractivity contribution is 14.0. The van der Waals surface area contributed by atoms with E-state index in [2.05, 4.69) is 31.4 Å². The molecular weight excluding hydrogens is 389 g/mol. The molecule has 132 valence electrons. The van der Waals surface area contributed by atoms with Gasteiger partial charge in [0, 0.05) is 26.2 Å². The first kappa shape index (κ1) is 22.0. The van der Waals surface area contributed by atoms with Gasteiger partial charge in [0.25, 0.3) is 0 Å². The normalized spacial score (nSPS) is 16.3. The van der Waals surface area contributed by atoms with Crippen LogP contribution in [-0.4, -0.2) is 37.3 Å². The molecule has 4 nitrogen and oxygen atoms in total. The van der Waals surface area contributed by atoms with Crippen LogP contribution < -0.4 is 10.6 Å². The summed E-state index contributed by atoms with van der Waals surface area (Å²) in [6.07, 6.45) is 7.44. The summed E-state index contributed by atoms with van der Waals surface area (Å²) in [6.45, 7) is 9.53. The number of nitrogens with zero attached hydrogens (tertiary/aromatic N) is 1. The van der Waals surface area contributed by atoms with Gasteiger partial charge in [0.05, 0.1) is 0 Å². The summed E-state index contributed by atoms with van der Waals surface area (Å²) in [4.78, 5) is 4.70. The number of aliphatic imine (C=N–C) groups is 1. The Balaban J connectivity index is 0.00000441. The van der Waals surface area contributed by atoms with Crippen molar-refractivity contribution in [3.05, 3.63) is 0 Å². The van der Waals surface area contributed by atoms with Gasteiger partial charge in [-0.2, -0.15) is 0 Å². The minimum atomic E-state index is 0. The minimum Gasteiger partial charge on any atom is -0.396 e. The van der Waals surface area contributed by atoms with Crippen molar-refractivity contribution in [3.8, 4) is 0 Å². The topological polar surface area (TPSA) is 56.7 Å². The molecular formula is C17H36IN3O. The second-order valence-electron chi connectivity index (χ2n) is 6.74. The van der Waals surface area contributed by atoms with E-state index in [0.29, 0.717) is 11.8 Å². The first-order chi connectivity index (χ1) is 10.2. The van der Waals surface area contributed by atoms with Gasteiger partial charge in [-0.15, -0.1) is 24.0 Å². The molecule has 0 aromatic carbocycles. The fourth-order valence-corrected chi connectivity index (χ4v) is 2.70. The number of aliphatic hydroxyl groups excluding tert-OH is 1. The lowest BCUT2D eigenvalue weighted by Crippen LogP contribution is -2.38. The molecule has 22 heavy (non-hydrogen) atoms. The molecule has 3 N–H and O–H groups in total. The molecule has 1 atom stereocenters. The molecule has 1 fully saturated rings. The van der Waals surface area contributed by atoms with Crippen molar-refractivity contribution in [3.63, 3.8) is 0 Å². The van der Waals surface area contributed by atoms with Crippen LogP contribution in [0, 0.1) is 17.8 Å². The zero-order valence-corrected chi connectivity index (χ0v) is 16.9. The molecule has 0 spiro atoms. The number of rotatable bonds is 11. The summed E-state index contributed by atoms with van der Waals surface area (Å²) in [5.41, 5.74) is 0. The van der Waals surface area contributed by atoms with Crippen LogP contribution in [0.5, 0.6) is 0 Å². The first-order valence-electron chi connectivity index (χ1n) is 8.78. The second-order valence-corrected chi connectivity index (χ2v) is 6.74. The molecule has 0 aromatic heterocycles. The van der Waals surface area contributed by atoms with E-state index in [1.807, 2.05) is 0 Å². The van der Waals surface area contributed by atoms with Crippen LogP contribution >= 0.6 is 24.0 Å². The monoisotopic (exact) mass is 425 g/mol. The molecule has 0 bridgehead atoms. The summed E-state index contributed by atoms with van der Waals surface area (Å²) in [7, 11) is 0. The Labute approximate surface area is 154 Å². The number of aliphatic hydroxyl groups is 1. The lowest BCUT2D eigenvalue weighted by atomic mass is 9.94. The predicted molar refractivity (Wildman–Crippen MR) is 106 cm³/mol. The summed E-state index contributed by atoms with van der Waals surface area (Å²) in [6, 6.07) is 0. The Morgan fingerprint density at radius 1 is 1.27 bits per heavy atom. The molecule has 0 aromatic rings. The van der Waals surface area contributed by atoms with Crippen LogP contribution in [0.3, 0.4) is 0 Å². The third-order valence-corrected chi connectivity index (χ3v) is 3.97. The molecule has 1 unspecified atom stereocenters. The van der Waals surface area contributed by atoms with E-state index in [1.165, 1.54) is 25.7 Å². The van der Waals surface area contributed by atoms with E-state index >= 15 is 0 Å².